The molecular formula is C4H10N2O2. The van der Waals surface area contributed by atoms with E-state index >= 15 is 0 Å². The van der Waals surface area contributed by atoms with Gasteiger partial charge in [-0.05, 0) is 6.92 Å². The first-order chi connectivity index (χ1) is 3.66. The van der Waals surface area contributed by atoms with Crippen molar-refractivity contribution >= 4 is 5.91 Å². The zero-order valence-electron chi connectivity index (χ0n) is 4.72. The lowest BCUT2D eigenvalue weighted by Gasteiger charge is -1.99. The number of nitrogens with two attached hydrogens (primary N) is 1. The zero-order valence-corrected chi connectivity index (χ0v) is 4.72. The number of carbonyl (C=O) groups excluding carboxylic acids is 1. The Bertz CT molecular complexity index is 82.1. The molecule has 4 N–H and O–H groups in total. The summed E-state index contributed by atoms with van der Waals surface area (Å²) >= 11 is 0. The normalized spacial score (nSPS) is 12.9. The van der Waals surface area contributed by atoms with Crippen molar-refractivity contribution in [1.29, 1.82) is 0 Å². The third kappa shape index (κ3) is 3.58. The first-order valence-corrected chi connectivity index (χ1v) is 2.35. The molecule has 0 saturated heterocycles. The molecule has 0 aliphatic heterocycles. The van der Waals surface area contributed by atoms with Crippen molar-refractivity contribution in [2.45, 2.75) is 19.4 Å². The van der Waals surface area contributed by atoms with E-state index in [1.54, 1.807) is 6.92 Å². The Balaban J connectivity index is 3.25. The fourth-order valence-electron chi connectivity index (χ4n) is 0.338. The van der Waals surface area contributed by atoms with Crippen LogP contribution in [-0.4, -0.2) is 17.2 Å². The summed E-state index contributed by atoms with van der Waals surface area (Å²) in [4.78, 5) is 10.2. The van der Waals surface area contributed by atoms with Crippen molar-refractivity contribution in [3.8, 4) is 0 Å². The molecule has 0 saturated carbocycles. The highest BCUT2D eigenvalue weighted by Crippen LogP contribution is 1.82. The summed E-state index contributed by atoms with van der Waals surface area (Å²) in [5.41, 5.74) is 6.67. The molecule has 4 heteroatoms. The Morgan fingerprint density at radius 1 is 2.00 bits per heavy atom. The fourth-order valence-corrected chi connectivity index (χ4v) is 0.338. The van der Waals surface area contributed by atoms with Crippen molar-refractivity contribution in [3.05, 3.63) is 0 Å². The average Bonchev–Trinajstić information content (AvgIpc) is 1.65. The molecule has 0 bridgehead atoms. The highest BCUT2D eigenvalue weighted by Gasteiger charge is 2.00. The number of hydrogen-bond acceptors (Lipinski definition) is 3. The van der Waals surface area contributed by atoms with E-state index in [9.17, 15) is 4.79 Å². The van der Waals surface area contributed by atoms with Gasteiger partial charge < -0.3 is 5.73 Å². The van der Waals surface area contributed by atoms with Crippen LogP contribution >= 0.6 is 0 Å². The molecule has 0 aliphatic rings. The Morgan fingerprint density at radius 3 is 2.62 bits per heavy atom. The fraction of sp³-hybridized carbons (Fsp3) is 0.750. The standard InChI is InChI=1S/C4H10N2O2/c1-3(5)2-4(7)6-8/h3,8H,2,5H2,1H3,(H,6,7). The van der Waals surface area contributed by atoms with Crippen LogP contribution in [0.5, 0.6) is 0 Å². The largest absolute Gasteiger partial charge is 0.327 e. The second kappa shape index (κ2) is 3.40. The van der Waals surface area contributed by atoms with Crippen LogP contribution in [-0.2, 0) is 4.79 Å². The number of carbonyl (C=O) groups is 1. The van der Waals surface area contributed by atoms with Crippen molar-refractivity contribution in [3.63, 3.8) is 0 Å². The van der Waals surface area contributed by atoms with Crippen LogP contribution in [0.1, 0.15) is 13.3 Å². The number of hydrogen-bond donors (Lipinski definition) is 3. The Morgan fingerprint density at radius 2 is 2.50 bits per heavy atom. The molecule has 1 atom stereocenters. The molecule has 4 nitrogen and oxygen atoms in total. The summed E-state index contributed by atoms with van der Waals surface area (Å²) < 4.78 is 0. The van der Waals surface area contributed by atoms with Gasteiger partial charge in [-0.3, -0.25) is 10.0 Å². The summed E-state index contributed by atoms with van der Waals surface area (Å²) in [6.07, 6.45) is 0.163. The summed E-state index contributed by atoms with van der Waals surface area (Å²) in [5, 5.41) is 7.93. The van der Waals surface area contributed by atoms with Crippen LogP contribution in [0.3, 0.4) is 0 Å². The van der Waals surface area contributed by atoms with E-state index in [0.717, 1.165) is 0 Å². The zero-order chi connectivity index (χ0) is 6.57. The molecule has 0 rings (SSSR count). The van der Waals surface area contributed by atoms with Gasteiger partial charge in [0, 0.05) is 12.5 Å². The maximum absolute atomic E-state index is 10.2. The first kappa shape index (κ1) is 7.39. The number of hydroxylamine groups is 1. The van der Waals surface area contributed by atoms with Crippen molar-refractivity contribution < 1.29 is 10.0 Å². The van der Waals surface area contributed by atoms with E-state index in [1.165, 1.54) is 5.48 Å². The van der Waals surface area contributed by atoms with Gasteiger partial charge in [0.25, 0.3) is 0 Å². The minimum Gasteiger partial charge on any atom is -0.327 e. The minimum atomic E-state index is -0.444. The smallest absolute Gasteiger partial charge is 0.244 e. The van der Waals surface area contributed by atoms with Crippen molar-refractivity contribution in [2.75, 3.05) is 0 Å². The van der Waals surface area contributed by atoms with Crippen LogP contribution in [0.4, 0.5) is 0 Å². The minimum absolute atomic E-state index is 0.163. The van der Waals surface area contributed by atoms with Gasteiger partial charge in [0.1, 0.15) is 0 Å². The lowest BCUT2D eigenvalue weighted by molar-refractivity contribution is -0.129. The van der Waals surface area contributed by atoms with E-state index in [2.05, 4.69) is 0 Å². The van der Waals surface area contributed by atoms with Crippen LogP contribution in [0.15, 0.2) is 0 Å². The number of amides is 1. The Kier molecular flexibility index (Phi) is 3.14. The Labute approximate surface area is 47.6 Å². The molecular weight excluding hydrogens is 108 g/mol. The number of rotatable bonds is 2. The van der Waals surface area contributed by atoms with E-state index in [1.807, 2.05) is 0 Å². The molecule has 0 fully saturated rings. The molecule has 0 aromatic heterocycles. The topological polar surface area (TPSA) is 75.4 Å². The third-order valence-electron chi connectivity index (χ3n) is 0.632. The first-order valence-electron chi connectivity index (χ1n) is 2.35. The van der Waals surface area contributed by atoms with E-state index in [-0.39, 0.29) is 12.5 Å². The lowest BCUT2D eigenvalue weighted by Crippen LogP contribution is -2.27. The molecule has 0 heterocycles. The quantitative estimate of drug-likeness (QED) is 0.329. The van der Waals surface area contributed by atoms with Gasteiger partial charge in [0.05, 0.1) is 0 Å². The second-order valence-corrected chi connectivity index (χ2v) is 1.72. The maximum atomic E-state index is 10.2. The van der Waals surface area contributed by atoms with Crippen LogP contribution < -0.4 is 11.2 Å². The van der Waals surface area contributed by atoms with Crippen molar-refractivity contribution in [1.82, 2.24) is 5.48 Å². The predicted octanol–water partition coefficient (Wildman–Crippen LogP) is -0.771. The van der Waals surface area contributed by atoms with Gasteiger partial charge in [0.15, 0.2) is 0 Å². The van der Waals surface area contributed by atoms with Gasteiger partial charge >= 0.3 is 0 Å². The second-order valence-electron chi connectivity index (χ2n) is 1.72. The SMILES string of the molecule is CC(N)CC(=O)NO. The van der Waals surface area contributed by atoms with E-state index in [4.69, 9.17) is 10.9 Å². The van der Waals surface area contributed by atoms with E-state index < -0.39 is 5.91 Å². The van der Waals surface area contributed by atoms with Crippen molar-refractivity contribution in [2.24, 2.45) is 5.73 Å². The summed E-state index contributed by atoms with van der Waals surface area (Å²) in [6, 6.07) is -0.192. The summed E-state index contributed by atoms with van der Waals surface area (Å²) in [7, 11) is 0. The van der Waals surface area contributed by atoms with E-state index in [0.29, 0.717) is 0 Å². The van der Waals surface area contributed by atoms with Crippen LogP contribution in [0.25, 0.3) is 0 Å². The summed E-state index contributed by atoms with van der Waals surface area (Å²) in [5.74, 6) is -0.444. The molecule has 1 amide bonds. The van der Waals surface area contributed by atoms with Crippen LogP contribution in [0.2, 0.25) is 0 Å². The monoisotopic (exact) mass is 118 g/mol. The molecule has 0 aromatic rings. The molecule has 0 spiro atoms. The van der Waals surface area contributed by atoms with Gasteiger partial charge in [-0.15, -0.1) is 0 Å². The highest BCUT2D eigenvalue weighted by molar-refractivity contribution is 5.75. The molecule has 0 aliphatic carbocycles. The maximum Gasteiger partial charge on any atom is 0.244 e. The summed E-state index contributed by atoms with van der Waals surface area (Å²) in [6.45, 7) is 1.69. The lowest BCUT2D eigenvalue weighted by atomic mass is 10.2. The predicted molar refractivity (Wildman–Crippen MR) is 28.2 cm³/mol. The number of nitrogens with one attached hydrogen (secondary N) is 1. The van der Waals surface area contributed by atoms with Gasteiger partial charge in [-0.1, -0.05) is 0 Å². The molecule has 1 unspecified atom stereocenters. The molecule has 8 heavy (non-hydrogen) atoms. The highest BCUT2D eigenvalue weighted by atomic mass is 16.5. The molecule has 0 aromatic carbocycles. The third-order valence-corrected chi connectivity index (χ3v) is 0.632. The van der Waals surface area contributed by atoms with Gasteiger partial charge in [0.2, 0.25) is 5.91 Å². The Hall–Kier alpha value is -0.610. The molecule has 48 valence electrons. The van der Waals surface area contributed by atoms with Crippen LogP contribution in [0, 0.1) is 0 Å². The van der Waals surface area contributed by atoms with Gasteiger partial charge in [-0.2, -0.15) is 0 Å². The average molecular weight is 118 g/mol. The van der Waals surface area contributed by atoms with Gasteiger partial charge in [-0.25, -0.2) is 5.48 Å². The molecule has 0 radical (unpaired) electrons.